The molecular formula is C16H25ClF2N2O. The Morgan fingerprint density at radius 1 is 1.14 bits per heavy atom. The van der Waals surface area contributed by atoms with Gasteiger partial charge in [-0.3, -0.25) is 4.90 Å². The molecular weight excluding hydrogens is 310 g/mol. The zero-order valence-electron chi connectivity index (χ0n) is 13.1. The summed E-state index contributed by atoms with van der Waals surface area (Å²) in [4.78, 5) is 1.76. The molecule has 0 aliphatic carbocycles. The van der Waals surface area contributed by atoms with Gasteiger partial charge in [0.15, 0.2) is 0 Å². The van der Waals surface area contributed by atoms with E-state index in [-0.39, 0.29) is 12.4 Å². The van der Waals surface area contributed by atoms with Crippen LogP contribution in [0.4, 0.5) is 8.78 Å². The first-order chi connectivity index (χ1) is 9.95. The average Bonchev–Trinajstić information content (AvgIpc) is 2.49. The Kier molecular flexibility index (Phi) is 7.19. The number of hydrogen-bond acceptors (Lipinski definition) is 3. The van der Waals surface area contributed by atoms with E-state index in [1.807, 2.05) is 12.1 Å². The van der Waals surface area contributed by atoms with Crippen molar-refractivity contribution in [2.24, 2.45) is 0 Å². The lowest BCUT2D eigenvalue weighted by Crippen LogP contribution is -2.51. The van der Waals surface area contributed by atoms with Crippen LogP contribution in [0.5, 0.6) is 0 Å². The van der Waals surface area contributed by atoms with E-state index < -0.39 is 18.6 Å². The van der Waals surface area contributed by atoms with Crippen LogP contribution in [-0.4, -0.2) is 48.7 Å². The molecule has 0 saturated carbocycles. The number of rotatable bonds is 5. The quantitative estimate of drug-likeness (QED) is 0.869. The summed E-state index contributed by atoms with van der Waals surface area (Å²) in [5.74, 6) is -2.77. The summed E-state index contributed by atoms with van der Waals surface area (Å²) >= 11 is 0. The van der Waals surface area contributed by atoms with E-state index in [1.54, 1.807) is 17.0 Å². The number of hydrogen-bond donors (Lipinski definition) is 2. The standard InChI is InChI=1S/C16H24F2N2O.ClH/c1-12(2)13-3-5-14(6-4-13)15(16(17,18)11-21)20-9-7-19-8-10-20;/h3-6,12,15,19,21H,7-11H2,1-2H3;1H/t15-;/m1./s1. The van der Waals surface area contributed by atoms with Crippen LogP contribution >= 0.6 is 12.4 Å². The maximum atomic E-state index is 14.2. The fourth-order valence-electron chi connectivity index (χ4n) is 2.81. The van der Waals surface area contributed by atoms with Crippen molar-refractivity contribution in [3.8, 4) is 0 Å². The highest BCUT2D eigenvalue weighted by molar-refractivity contribution is 5.85. The molecule has 2 rings (SSSR count). The molecule has 22 heavy (non-hydrogen) atoms. The highest BCUT2D eigenvalue weighted by atomic mass is 35.5. The Balaban J connectivity index is 0.00000242. The molecule has 1 aromatic rings. The SMILES string of the molecule is CC(C)c1ccc([C@@H](N2CCNCC2)C(F)(F)CO)cc1.Cl. The lowest BCUT2D eigenvalue weighted by Gasteiger charge is -2.38. The second kappa shape index (κ2) is 8.20. The molecule has 3 nitrogen and oxygen atoms in total. The third kappa shape index (κ3) is 4.38. The number of benzene rings is 1. The molecule has 1 aromatic carbocycles. The van der Waals surface area contributed by atoms with Gasteiger partial charge in [-0.05, 0) is 17.0 Å². The van der Waals surface area contributed by atoms with Gasteiger partial charge >= 0.3 is 0 Å². The van der Waals surface area contributed by atoms with Gasteiger partial charge in [0.1, 0.15) is 12.6 Å². The van der Waals surface area contributed by atoms with Crippen molar-refractivity contribution in [1.82, 2.24) is 10.2 Å². The largest absolute Gasteiger partial charge is 0.390 e. The van der Waals surface area contributed by atoms with Gasteiger partial charge in [0, 0.05) is 26.2 Å². The number of piperazine rings is 1. The van der Waals surface area contributed by atoms with E-state index >= 15 is 0 Å². The lowest BCUT2D eigenvalue weighted by atomic mass is 9.95. The number of nitrogens with one attached hydrogen (secondary N) is 1. The van der Waals surface area contributed by atoms with E-state index in [0.29, 0.717) is 37.7 Å². The number of aliphatic hydroxyl groups excluding tert-OH is 1. The van der Waals surface area contributed by atoms with Crippen molar-refractivity contribution in [1.29, 1.82) is 0 Å². The second-order valence-electron chi connectivity index (χ2n) is 5.93. The van der Waals surface area contributed by atoms with Crippen LogP contribution in [0.3, 0.4) is 0 Å². The summed E-state index contributed by atoms with van der Waals surface area (Å²) in [6.45, 7) is 5.53. The third-order valence-corrected chi connectivity index (χ3v) is 4.05. The first-order valence-corrected chi connectivity index (χ1v) is 7.49. The van der Waals surface area contributed by atoms with E-state index in [4.69, 9.17) is 5.11 Å². The van der Waals surface area contributed by atoms with Crippen molar-refractivity contribution in [3.05, 3.63) is 35.4 Å². The summed E-state index contributed by atoms with van der Waals surface area (Å²) in [5, 5.41) is 12.3. The molecule has 0 unspecified atom stereocenters. The Labute approximate surface area is 137 Å². The van der Waals surface area contributed by atoms with Gasteiger partial charge in [0.05, 0.1) is 0 Å². The van der Waals surface area contributed by atoms with Crippen LogP contribution in [0.1, 0.15) is 36.9 Å². The zero-order valence-corrected chi connectivity index (χ0v) is 13.9. The van der Waals surface area contributed by atoms with Crippen LogP contribution in [0.25, 0.3) is 0 Å². The molecule has 0 bridgehead atoms. The molecule has 0 aromatic heterocycles. The van der Waals surface area contributed by atoms with Crippen molar-refractivity contribution in [2.45, 2.75) is 31.7 Å². The molecule has 6 heteroatoms. The Hall–Kier alpha value is -0.750. The maximum Gasteiger partial charge on any atom is 0.289 e. The minimum absolute atomic E-state index is 0. The highest BCUT2D eigenvalue weighted by Crippen LogP contribution is 2.36. The van der Waals surface area contributed by atoms with E-state index in [1.165, 1.54) is 0 Å². The number of alkyl halides is 2. The number of aliphatic hydroxyl groups is 1. The fraction of sp³-hybridized carbons (Fsp3) is 0.625. The molecule has 126 valence electrons. The smallest absolute Gasteiger partial charge is 0.289 e. The van der Waals surface area contributed by atoms with Gasteiger partial charge in [-0.25, -0.2) is 8.78 Å². The van der Waals surface area contributed by atoms with Crippen LogP contribution in [-0.2, 0) is 0 Å². The van der Waals surface area contributed by atoms with Crippen LogP contribution < -0.4 is 5.32 Å². The molecule has 1 fully saturated rings. The highest BCUT2D eigenvalue weighted by Gasteiger charge is 2.43. The average molecular weight is 335 g/mol. The minimum Gasteiger partial charge on any atom is -0.390 e. The molecule has 2 N–H and O–H groups in total. The van der Waals surface area contributed by atoms with Crippen LogP contribution in [0, 0.1) is 0 Å². The van der Waals surface area contributed by atoms with Crippen molar-refractivity contribution < 1.29 is 13.9 Å². The van der Waals surface area contributed by atoms with E-state index in [2.05, 4.69) is 19.2 Å². The first-order valence-electron chi connectivity index (χ1n) is 7.49. The number of nitrogens with zero attached hydrogens (tertiary/aromatic N) is 1. The van der Waals surface area contributed by atoms with Gasteiger partial charge in [-0.15, -0.1) is 12.4 Å². The van der Waals surface area contributed by atoms with Crippen molar-refractivity contribution >= 4 is 12.4 Å². The monoisotopic (exact) mass is 334 g/mol. The minimum atomic E-state index is -3.14. The summed E-state index contributed by atoms with van der Waals surface area (Å²) in [6.07, 6.45) is 0. The molecule has 1 atom stereocenters. The van der Waals surface area contributed by atoms with E-state index in [0.717, 1.165) is 5.56 Å². The maximum absolute atomic E-state index is 14.2. The van der Waals surface area contributed by atoms with Crippen molar-refractivity contribution in [3.63, 3.8) is 0 Å². The Bertz CT molecular complexity index is 448. The summed E-state index contributed by atoms with van der Waals surface area (Å²) in [6, 6.07) is 6.29. The van der Waals surface area contributed by atoms with Gasteiger partial charge in [-0.2, -0.15) is 0 Å². The molecule has 0 radical (unpaired) electrons. The molecule has 1 heterocycles. The predicted molar refractivity (Wildman–Crippen MR) is 87.0 cm³/mol. The topological polar surface area (TPSA) is 35.5 Å². The summed E-state index contributed by atoms with van der Waals surface area (Å²) < 4.78 is 28.5. The fourth-order valence-corrected chi connectivity index (χ4v) is 2.81. The van der Waals surface area contributed by atoms with E-state index in [9.17, 15) is 8.78 Å². The van der Waals surface area contributed by atoms with Gasteiger partial charge in [-0.1, -0.05) is 38.1 Å². The zero-order chi connectivity index (χ0) is 15.5. The Morgan fingerprint density at radius 2 is 1.64 bits per heavy atom. The van der Waals surface area contributed by atoms with Gasteiger partial charge < -0.3 is 10.4 Å². The van der Waals surface area contributed by atoms with Crippen LogP contribution in [0.15, 0.2) is 24.3 Å². The third-order valence-electron chi connectivity index (χ3n) is 4.05. The van der Waals surface area contributed by atoms with Gasteiger partial charge in [0.25, 0.3) is 5.92 Å². The summed E-state index contributed by atoms with van der Waals surface area (Å²) in [7, 11) is 0. The normalized spacial score (nSPS) is 18.1. The molecule has 0 amide bonds. The van der Waals surface area contributed by atoms with Crippen molar-refractivity contribution in [2.75, 3.05) is 32.8 Å². The molecule has 1 aliphatic heterocycles. The number of halogens is 3. The van der Waals surface area contributed by atoms with Gasteiger partial charge in [0.2, 0.25) is 0 Å². The molecule has 1 saturated heterocycles. The van der Waals surface area contributed by atoms with Crippen LogP contribution in [0.2, 0.25) is 0 Å². The molecule has 1 aliphatic rings. The summed E-state index contributed by atoms with van der Waals surface area (Å²) in [5.41, 5.74) is 1.70. The second-order valence-corrected chi connectivity index (χ2v) is 5.93. The molecule has 0 spiro atoms. The first kappa shape index (κ1) is 19.3. The Morgan fingerprint density at radius 3 is 2.09 bits per heavy atom. The lowest BCUT2D eigenvalue weighted by molar-refractivity contribution is -0.118. The predicted octanol–water partition coefficient (Wildman–Crippen LogP) is 2.81.